The molecule has 1 aliphatic rings. The number of nitrogens with zero attached hydrogens (tertiary/aromatic N) is 2. The van der Waals surface area contributed by atoms with Gasteiger partial charge < -0.3 is 9.88 Å². The molecule has 25 heavy (non-hydrogen) atoms. The number of aromatic amines is 2. The standard InChI is InChI=1S/C19H15FN4O/c20-11-5-6-16-13(9-11)14-10-24(8-7-17(14)21-16)19-22-15-4-2-1-3-12(15)18(25)23-19/h1-6,9,21H,7-8,10H2,(H,22,23,25). The Morgan fingerprint density at radius 1 is 1.08 bits per heavy atom. The van der Waals surface area contributed by atoms with Crippen LogP contribution in [0.2, 0.25) is 0 Å². The number of nitrogens with one attached hydrogen (secondary N) is 2. The fourth-order valence-corrected chi connectivity index (χ4v) is 3.59. The molecule has 5 rings (SSSR count). The number of anilines is 1. The third kappa shape index (κ3) is 2.21. The molecule has 0 aliphatic carbocycles. The second-order valence-corrected chi connectivity index (χ2v) is 6.35. The molecule has 0 unspecified atom stereocenters. The molecule has 0 saturated carbocycles. The molecule has 0 amide bonds. The van der Waals surface area contributed by atoms with Crippen LogP contribution in [0.3, 0.4) is 0 Å². The van der Waals surface area contributed by atoms with Crippen molar-refractivity contribution in [2.75, 3.05) is 11.4 Å². The van der Waals surface area contributed by atoms with Crippen LogP contribution in [0, 0.1) is 5.82 Å². The van der Waals surface area contributed by atoms with Crippen LogP contribution in [0.1, 0.15) is 11.3 Å². The van der Waals surface area contributed by atoms with E-state index < -0.39 is 0 Å². The maximum atomic E-state index is 13.6. The van der Waals surface area contributed by atoms with Crippen molar-refractivity contribution in [3.63, 3.8) is 0 Å². The van der Waals surface area contributed by atoms with Gasteiger partial charge in [0.05, 0.1) is 10.9 Å². The minimum Gasteiger partial charge on any atom is -0.358 e. The van der Waals surface area contributed by atoms with Gasteiger partial charge >= 0.3 is 0 Å². The highest BCUT2D eigenvalue weighted by atomic mass is 19.1. The first-order chi connectivity index (χ1) is 12.2. The van der Waals surface area contributed by atoms with Crippen LogP contribution in [0.4, 0.5) is 10.3 Å². The van der Waals surface area contributed by atoms with Gasteiger partial charge in [0.2, 0.25) is 5.95 Å². The van der Waals surface area contributed by atoms with Crippen LogP contribution in [0.15, 0.2) is 47.3 Å². The minimum atomic E-state index is -0.247. The van der Waals surface area contributed by atoms with Crippen molar-refractivity contribution >= 4 is 27.8 Å². The van der Waals surface area contributed by atoms with Crippen molar-refractivity contribution in [1.29, 1.82) is 0 Å². The van der Waals surface area contributed by atoms with Gasteiger partial charge in [0, 0.05) is 41.7 Å². The number of fused-ring (bicyclic) bond motifs is 4. The van der Waals surface area contributed by atoms with E-state index in [0.29, 0.717) is 23.4 Å². The predicted molar refractivity (Wildman–Crippen MR) is 95.4 cm³/mol. The second-order valence-electron chi connectivity index (χ2n) is 6.35. The fourth-order valence-electron chi connectivity index (χ4n) is 3.59. The van der Waals surface area contributed by atoms with Gasteiger partial charge in [0.15, 0.2) is 0 Å². The van der Waals surface area contributed by atoms with Gasteiger partial charge in [-0.3, -0.25) is 9.78 Å². The Bertz CT molecular complexity index is 1180. The van der Waals surface area contributed by atoms with E-state index >= 15 is 0 Å². The third-order valence-corrected chi connectivity index (χ3v) is 4.84. The lowest BCUT2D eigenvalue weighted by Gasteiger charge is -2.27. The highest BCUT2D eigenvalue weighted by molar-refractivity contribution is 5.85. The van der Waals surface area contributed by atoms with Gasteiger partial charge in [-0.15, -0.1) is 0 Å². The number of H-pyrrole nitrogens is 2. The molecule has 2 aromatic carbocycles. The van der Waals surface area contributed by atoms with E-state index in [2.05, 4.69) is 15.0 Å². The summed E-state index contributed by atoms with van der Waals surface area (Å²) in [5.41, 5.74) is 3.66. The summed E-state index contributed by atoms with van der Waals surface area (Å²) in [5, 5.41) is 1.47. The number of halogens is 1. The van der Waals surface area contributed by atoms with E-state index in [9.17, 15) is 9.18 Å². The molecule has 0 atom stereocenters. The maximum absolute atomic E-state index is 13.6. The molecule has 0 spiro atoms. The lowest BCUT2D eigenvalue weighted by molar-refractivity contribution is 0.629. The SMILES string of the molecule is O=c1[nH]c(N2CCc3[nH]c4ccc(F)cc4c3C2)nc2ccccc12. The van der Waals surface area contributed by atoms with Crippen LogP contribution < -0.4 is 10.5 Å². The molecule has 3 heterocycles. The molecule has 0 fully saturated rings. The molecular formula is C19H15FN4O. The van der Waals surface area contributed by atoms with Crippen molar-refractivity contribution in [3.8, 4) is 0 Å². The first-order valence-corrected chi connectivity index (χ1v) is 8.22. The number of hydrogen-bond acceptors (Lipinski definition) is 3. The summed E-state index contributed by atoms with van der Waals surface area (Å²) in [6.07, 6.45) is 0.794. The molecule has 0 saturated heterocycles. The normalized spacial score (nSPS) is 14.2. The highest BCUT2D eigenvalue weighted by Gasteiger charge is 2.22. The van der Waals surface area contributed by atoms with Crippen molar-refractivity contribution < 1.29 is 4.39 Å². The van der Waals surface area contributed by atoms with E-state index in [0.717, 1.165) is 35.1 Å². The zero-order valence-corrected chi connectivity index (χ0v) is 13.3. The number of hydrogen-bond donors (Lipinski definition) is 2. The van der Waals surface area contributed by atoms with E-state index in [1.54, 1.807) is 18.2 Å². The smallest absolute Gasteiger partial charge is 0.260 e. The molecule has 0 radical (unpaired) electrons. The Hall–Kier alpha value is -3.15. The van der Waals surface area contributed by atoms with Crippen LogP contribution in [-0.4, -0.2) is 21.5 Å². The Kier molecular flexibility index (Phi) is 2.94. The van der Waals surface area contributed by atoms with Crippen molar-refractivity contribution in [1.82, 2.24) is 15.0 Å². The summed E-state index contributed by atoms with van der Waals surface area (Å²) in [5.74, 6) is 0.309. The van der Waals surface area contributed by atoms with Crippen LogP contribution in [-0.2, 0) is 13.0 Å². The molecular weight excluding hydrogens is 319 g/mol. The quantitative estimate of drug-likeness (QED) is 0.562. The first-order valence-electron chi connectivity index (χ1n) is 8.22. The zero-order valence-electron chi connectivity index (χ0n) is 13.3. The van der Waals surface area contributed by atoms with E-state index in [4.69, 9.17) is 0 Å². The average molecular weight is 334 g/mol. The Labute approximate surface area is 142 Å². The monoisotopic (exact) mass is 334 g/mol. The molecule has 6 heteroatoms. The highest BCUT2D eigenvalue weighted by Crippen LogP contribution is 2.29. The van der Waals surface area contributed by atoms with E-state index in [1.165, 1.54) is 6.07 Å². The van der Waals surface area contributed by atoms with E-state index in [-0.39, 0.29) is 11.4 Å². The van der Waals surface area contributed by atoms with Gasteiger partial charge in [-0.05, 0) is 30.3 Å². The maximum Gasteiger partial charge on any atom is 0.260 e. The summed E-state index contributed by atoms with van der Waals surface area (Å²) in [7, 11) is 0. The second kappa shape index (κ2) is 5.17. The third-order valence-electron chi connectivity index (χ3n) is 4.84. The summed E-state index contributed by atoms with van der Waals surface area (Å²) in [6, 6.07) is 12.1. The van der Waals surface area contributed by atoms with Gasteiger partial charge in [-0.2, -0.15) is 0 Å². The van der Waals surface area contributed by atoms with Crippen LogP contribution in [0.25, 0.3) is 21.8 Å². The number of para-hydroxylation sites is 1. The summed E-state index contributed by atoms with van der Waals surface area (Å²) in [4.78, 5) is 25.2. The van der Waals surface area contributed by atoms with Crippen molar-refractivity contribution in [3.05, 3.63) is 69.9 Å². The number of aromatic nitrogens is 3. The van der Waals surface area contributed by atoms with Crippen LogP contribution >= 0.6 is 0 Å². The Balaban J connectivity index is 1.60. The lowest BCUT2D eigenvalue weighted by atomic mass is 10.0. The average Bonchev–Trinajstić information content (AvgIpc) is 2.99. The van der Waals surface area contributed by atoms with Crippen molar-refractivity contribution in [2.45, 2.75) is 13.0 Å². The van der Waals surface area contributed by atoms with Gasteiger partial charge in [0.25, 0.3) is 5.56 Å². The Morgan fingerprint density at radius 2 is 1.96 bits per heavy atom. The molecule has 2 N–H and O–H groups in total. The lowest BCUT2D eigenvalue weighted by Crippen LogP contribution is -2.32. The molecule has 4 aromatic rings. The number of rotatable bonds is 1. The molecule has 5 nitrogen and oxygen atoms in total. The van der Waals surface area contributed by atoms with Crippen LogP contribution in [0.5, 0.6) is 0 Å². The number of benzene rings is 2. The summed E-state index contributed by atoms with van der Waals surface area (Å²) < 4.78 is 13.6. The molecule has 1 aliphatic heterocycles. The minimum absolute atomic E-state index is 0.142. The fraction of sp³-hybridized carbons (Fsp3) is 0.158. The van der Waals surface area contributed by atoms with Gasteiger partial charge in [-0.25, -0.2) is 9.37 Å². The van der Waals surface area contributed by atoms with Gasteiger partial charge in [0.1, 0.15) is 5.82 Å². The summed E-state index contributed by atoms with van der Waals surface area (Å²) in [6.45, 7) is 1.32. The van der Waals surface area contributed by atoms with Gasteiger partial charge in [-0.1, -0.05) is 12.1 Å². The summed E-state index contributed by atoms with van der Waals surface area (Å²) >= 11 is 0. The predicted octanol–water partition coefficient (Wildman–Crippen LogP) is 3.11. The molecule has 124 valence electrons. The van der Waals surface area contributed by atoms with Crippen molar-refractivity contribution in [2.24, 2.45) is 0 Å². The molecule has 0 bridgehead atoms. The topological polar surface area (TPSA) is 64.8 Å². The largest absolute Gasteiger partial charge is 0.358 e. The van der Waals surface area contributed by atoms with E-state index in [1.807, 2.05) is 23.1 Å². The first kappa shape index (κ1) is 14.2. The molecule has 2 aromatic heterocycles. The Morgan fingerprint density at radius 3 is 2.88 bits per heavy atom. The zero-order chi connectivity index (χ0) is 17.0.